The highest BCUT2D eigenvalue weighted by molar-refractivity contribution is 5.96. The molecule has 2 unspecified atom stereocenters. The number of anilines is 2. The Bertz CT molecular complexity index is 1040. The molecule has 0 bridgehead atoms. The molecular weight excluding hydrogens is 432 g/mol. The molecule has 9 heteroatoms. The van der Waals surface area contributed by atoms with Gasteiger partial charge in [0.1, 0.15) is 0 Å². The molecule has 1 aromatic heterocycles. The van der Waals surface area contributed by atoms with Crippen molar-refractivity contribution >= 4 is 23.5 Å². The van der Waals surface area contributed by atoms with E-state index in [0.29, 0.717) is 54.1 Å². The maximum atomic E-state index is 13.4. The van der Waals surface area contributed by atoms with E-state index in [2.05, 4.69) is 32.3 Å². The first-order chi connectivity index (χ1) is 16.2. The molecule has 4 rings (SSSR count). The lowest BCUT2D eigenvalue weighted by atomic mass is 10.0. The van der Waals surface area contributed by atoms with Crippen molar-refractivity contribution in [3.8, 4) is 0 Å². The van der Waals surface area contributed by atoms with E-state index in [4.69, 9.17) is 5.73 Å². The number of hydrogen-bond donors (Lipinski definition) is 3. The Hall–Kier alpha value is -3.20. The number of benzene rings is 1. The Labute approximate surface area is 200 Å². The summed E-state index contributed by atoms with van der Waals surface area (Å²) < 4.78 is 0. The molecule has 4 N–H and O–H groups in total. The van der Waals surface area contributed by atoms with Crippen LogP contribution in [0.1, 0.15) is 40.7 Å². The van der Waals surface area contributed by atoms with Crippen molar-refractivity contribution in [3.05, 3.63) is 46.8 Å². The molecule has 2 aromatic rings. The minimum absolute atomic E-state index is 0.00789. The predicted octanol–water partition coefficient (Wildman–Crippen LogP) is 1.51. The average Bonchev–Trinajstić information content (AvgIpc) is 3.35. The van der Waals surface area contributed by atoms with Crippen molar-refractivity contribution in [2.75, 3.05) is 42.9 Å². The van der Waals surface area contributed by atoms with Crippen molar-refractivity contribution in [2.24, 2.45) is 17.6 Å². The number of aliphatic hydroxyl groups excluding tert-OH is 1. The van der Waals surface area contributed by atoms with E-state index in [1.165, 1.54) is 0 Å². The smallest absolute Gasteiger partial charge is 0.257 e. The van der Waals surface area contributed by atoms with E-state index in [0.717, 1.165) is 37.4 Å². The van der Waals surface area contributed by atoms with Crippen LogP contribution in [0.3, 0.4) is 0 Å². The number of fused-ring (bicyclic) bond motifs is 1. The number of carbonyl (C=O) groups is 2. The molecule has 0 saturated carbocycles. The van der Waals surface area contributed by atoms with Gasteiger partial charge in [-0.05, 0) is 44.9 Å². The Morgan fingerprint density at radius 3 is 2.38 bits per heavy atom. The zero-order chi connectivity index (χ0) is 24.4. The van der Waals surface area contributed by atoms with E-state index < -0.39 is 6.10 Å². The van der Waals surface area contributed by atoms with Crippen LogP contribution < -0.4 is 16.0 Å². The molecule has 0 spiro atoms. The van der Waals surface area contributed by atoms with Crippen molar-refractivity contribution in [1.29, 1.82) is 0 Å². The summed E-state index contributed by atoms with van der Waals surface area (Å²) in [5.74, 6) is 0.983. The van der Waals surface area contributed by atoms with Crippen LogP contribution in [0.2, 0.25) is 0 Å². The highest BCUT2D eigenvalue weighted by atomic mass is 16.3. The van der Waals surface area contributed by atoms with Crippen LogP contribution in [0, 0.1) is 25.7 Å². The fourth-order valence-corrected chi connectivity index (χ4v) is 5.05. The molecule has 3 heterocycles. The lowest BCUT2D eigenvalue weighted by molar-refractivity contribution is -0.117. The van der Waals surface area contributed by atoms with Crippen molar-refractivity contribution in [3.63, 3.8) is 0 Å². The molecule has 1 aromatic carbocycles. The number of nitrogens with two attached hydrogens (primary N) is 1. The Morgan fingerprint density at radius 1 is 1.15 bits per heavy atom. The average molecular weight is 467 g/mol. The van der Waals surface area contributed by atoms with Gasteiger partial charge in [-0.2, -0.15) is 0 Å². The molecule has 2 aliphatic rings. The molecule has 182 valence electrons. The van der Waals surface area contributed by atoms with Gasteiger partial charge in [0.15, 0.2) is 0 Å². The summed E-state index contributed by atoms with van der Waals surface area (Å²) in [6.45, 7) is 8.97. The summed E-state index contributed by atoms with van der Waals surface area (Å²) >= 11 is 0. The van der Waals surface area contributed by atoms with Crippen molar-refractivity contribution in [2.45, 2.75) is 39.7 Å². The molecule has 0 radical (unpaired) electrons. The first-order valence-electron chi connectivity index (χ1n) is 11.9. The third-order valence-corrected chi connectivity index (χ3v) is 6.75. The highest BCUT2D eigenvalue weighted by Crippen LogP contribution is 2.35. The van der Waals surface area contributed by atoms with Gasteiger partial charge in [0.05, 0.1) is 23.1 Å². The number of hydrogen-bond acceptors (Lipinski definition) is 7. The van der Waals surface area contributed by atoms with E-state index in [1.807, 2.05) is 30.9 Å². The minimum atomic E-state index is -0.508. The molecule has 2 aliphatic heterocycles. The van der Waals surface area contributed by atoms with Gasteiger partial charge in [0.2, 0.25) is 11.9 Å². The molecule has 3 atom stereocenters. The van der Waals surface area contributed by atoms with Crippen LogP contribution in [0.5, 0.6) is 0 Å². The van der Waals surface area contributed by atoms with Gasteiger partial charge in [0, 0.05) is 56.7 Å². The first-order valence-corrected chi connectivity index (χ1v) is 11.9. The predicted molar refractivity (Wildman–Crippen MR) is 131 cm³/mol. The summed E-state index contributed by atoms with van der Waals surface area (Å²) in [4.78, 5) is 37.7. The molecule has 9 nitrogen and oxygen atoms in total. The van der Waals surface area contributed by atoms with Crippen molar-refractivity contribution < 1.29 is 14.7 Å². The lowest BCUT2D eigenvalue weighted by Crippen LogP contribution is -2.34. The Balaban J connectivity index is 1.39. The highest BCUT2D eigenvalue weighted by Gasteiger charge is 2.42. The van der Waals surface area contributed by atoms with Gasteiger partial charge in [-0.1, -0.05) is 12.1 Å². The number of primary amides is 1. The van der Waals surface area contributed by atoms with Gasteiger partial charge in [-0.15, -0.1) is 0 Å². The summed E-state index contributed by atoms with van der Waals surface area (Å²) in [5, 5.41) is 12.5. The zero-order valence-corrected chi connectivity index (χ0v) is 20.1. The van der Waals surface area contributed by atoms with Crippen LogP contribution in [-0.2, 0) is 11.2 Å². The number of nitrogens with one attached hydrogen (secondary N) is 1. The second-order valence-corrected chi connectivity index (χ2v) is 9.59. The molecule has 2 saturated heterocycles. The summed E-state index contributed by atoms with van der Waals surface area (Å²) in [6, 6.07) is 8.31. The monoisotopic (exact) mass is 466 g/mol. The number of aryl methyl sites for hydroxylation is 3. The molecular formula is C25H34N6O3. The summed E-state index contributed by atoms with van der Waals surface area (Å²) in [7, 11) is 0. The van der Waals surface area contributed by atoms with Crippen LogP contribution >= 0.6 is 0 Å². The fraction of sp³-hybridized carbons (Fsp3) is 0.520. The zero-order valence-electron chi connectivity index (χ0n) is 20.1. The molecule has 2 fully saturated rings. The number of aliphatic hydroxyl groups is 1. The van der Waals surface area contributed by atoms with E-state index >= 15 is 0 Å². The van der Waals surface area contributed by atoms with Crippen LogP contribution in [0.15, 0.2) is 24.3 Å². The summed E-state index contributed by atoms with van der Waals surface area (Å²) in [6.07, 6.45) is 0.498. The van der Waals surface area contributed by atoms with Crippen molar-refractivity contribution in [1.82, 2.24) is 14.9 Å². The number of nitrogens with zero attached hydrogens (tertiary/aromatic N) is 4. The standard InChI is InChI=1S/C25H34N6O3/c1-15(32)10-27-25-28-16(2)23(17(3)29-25)24(34)31-13-19-11-30(12-20(19)14-31)21-6-4-5-18(9-21)7-8-22(26)33/h4-6,9,15,19-20,32H,7-8,10-14H2,1-3H3,(H2,26,33)(H,27,28,29)/t15-,19?,20?/m0/s1. The third kappa shape index (κ3) is 5.30. The first kappa shape index (κ1) is 23.9. The summed E-state index contributed by atoms with van der Waals surface area (Å²) in [5.41, 5.74) is 9.44. The van der Waals surface area contributed by atoms with Gasteiger partial charge in [-0.3, -0.25) is 9.59 Å². The molecule has 34 heavy (non-hydrogen) atoms. The second kappa shape index (κ2) is 9.97. The maximum Gasteiger partial charge on any atom is 0.257 e. The number of rotatable bonds is 8. The second-order valence-electron chi connectivity index (χ2n) is 9.59. The van der Waals surface area contributed by atoms with Gasteiger partial charge >= 0.3 is 0 Å². The van der Waals surface area contributed by atoms with Gasteiger partial charge in [-0.25, -0.2) is 9.97 Å². The number of likely N-dealkylation sites (tertiary alicyclic amines) is 1. The number of amides is 2. The molecule has 2 amide bonds. The van der Waals surface area contributed by atoms with Gasteiger partial charge < -0.3 is 26.0 Å². The molecule has 0 aliphatic carbocycles. The SMILES string of the molecule is Cc1nc(NC[C@H](C)O)nc(C)c1C(=O)N1CC2CN(c3cccc(CCC(N)=O)c3)CC2C1. The minimum Gasteiger partial charge on any atom is -0.392 e. The van der Waals surface area contributed by atoms with E-state index in [9.17, 15) is 14.7 Å². The normalized spacial score (nSPS) is 20.4. The Kier molecular flexibility index (Phi) is 7.02. The van der Waals surface area contributed by atoms with Crippen LogP contribution in [0.4, 0.5) is 11.6 Å². The van der Waals surface area contributed by atoms with E-state index in [-0.39, 0.29) is 11.8 Å². The largest absolute Gasteiger partial charge is 0.392 e. The van der Waals surface area contributed by atoms with Gasteiger partial charge in [0.25, 0.3) is 5.91 Å². The number of carbonyl (C=O) groups excluding carboxylic acids is 2. The third-order valence-electron chi connectivity index (χ3n) is 6.75. The van der Waals surface area contributed by atoms with E-state index in [1.54, 1.807) is 6.92 Å². The Morgan fingerprint density at radius 2 is 1.79 bits per heavy atom. The fourth-order valence-electron chi connectivity index (χ4n) is 5.05. The van der Waals surface area contributed by atoms with Crippen LogP contribution in [-0.4, -0.2) is 70.6 Å². The maximum absolute atomic E-state index is 13.4. The number of aromatic nitrogens is 2. The van der Waals surface area contributed by atoms with Crippen LogP contribution in [0.25, 0.3) is 0 Å². The lowest BCUT2D eigenvalue weighted by Gasteiger charge is -2.24. The topological polar surface area (TPSA) is 125 Å². The quantitative estimate of drug-likeness (QED) is 0.539.